The second kappa shape index (κ2) is 7.71. The molecule has 0 radical (unpaired) electrons. The zero-order valence-corrected chi connectivity index (χ0v) is 15.4. The van der Waals surface area contributed by atoms with E-state index in [2.05, 4.69) is 31.3 Å². The van der Waals surface area contributed by atoms with Crippen LogP contribution in [0.5, 0.6) is 5.75 Å². The van der Waals surface area contributed by atoms with Crippen molar-refractivity contribution in [2.24, 2.45) is 0 Å². The average Bonchev–Trinajstić information content (AvgIpc) is 2.55. The van der Waals surface area contributed by atoms with Gasteiger partial charge in [0.25, 0.3) is 5.91 Å². The van der Waals surface area contributed by atoms with Crippen LogP contribution in [0.1, 0.15) is 43.1 Å². The van der Waals surface area contributed by atoms with E-state index in [0.29, 0.717) is 16.3 Å². The van der Waals surface area contributed by atoms with Crippen LogP contribution in [-0.2, 0) is 5.41 Å². The summed E-state index contributed by atoms with van der Waals surface area (Å²) in [7, 11) is 1.55. The lowest BCUT2D eigenvalue weighted by Crippen LogP contribution is -2.37. The number of halogens is 1. The molecular formula is C20H24ClNO2. The van der Waals surface area contributed by atoms with E-state index in [1.807, 2.05) is 25.1 Å². The molecule has 0 heterocycles. The van der Waals surface area contributed by atoms with Gasteiger partial charge in [-0.3, -0.25) is 4.79 Å². The van der Waals surface area contributed by atoms with Crippen LogP contribution < -0.4 is 10.1 Å². The van der Waals surface area contributed by atoms with Crippen LogP contribution in [0.3, 0.4) is 0 Å². The molecule has 0 saturated heterocycles. The lowest BCUT2D eigenvalue weighted by Gasteiger charge is -2.29. The molecule has 0 aliphatic rings. The summed E-state index contributed by atoms with van der Waals surface area (Å²) < 4.78 is 5.11. The summed E-state index contributed by atoms with van der Waals surface area (Å²) in [6.07, 6.45) is 0.840. The zero-order chi connectivity index (χ0) is 17.7. The van der Waals surface area contributed by atoms with Crippen molar-refractivity contribution >= 4 is 17.5 Å². The SMILES string of the molecule is COc1ccc(C(=O)NC(C)CC(C)(C)c2ccccc2)cc1Cl. The maximum atomic E-state index is 12.4. The topological polar surface area (TPSA) is 38.3 Å². The van der Waals surface area contributed by atoms with Gasteiger partial charge in [-0.1, -0.05) is 55.8 Å². The van der Waals surface area contributed by atoms with Gasteiger partial charge in [0, 0.05) is 11.6 Å². The minimum Gasteiger partial charge on any atom is -0.495 e. The Balaban J connectivity index is 2.02. The fraction of sp³-hybridized carbons (Fsp3) is 0.350. The molecule has 0 bridgehead atoms. The van der Waals surface area contributed by atoms with E-state index in [-0.39, 0.29) is 17.4 Å². The van der Waals surface area contributed by atoms with Crippen molar-refractivity contribution < 1.29 is 9.53 Å². The van der Waals surface area contributed by atoms with Gasteiger partial charge in [-0.25, -0.2) is 0 Å². The minimum atomic E-state index is -0.129. The Morgan fingerprint density at radius 1 is 1.21 bits per heavy atom. The van der Waals surface area contributed by atoms with Crippen molar-refractivity contribution in [2.75, 3.05) is 7.11 Å². The van der Waals surface area contributed by atoms with Crippen molar-refractivity contribution in [1.82, 2.24) is 5.32 Å². The standard InChI is InChI=1S/C20H24ClNO2/c1-14(13-20(2,3)16-8-6-5-7-9-16)22-19(23)15-10-11-18(24-4)17(21)12-15/h5-12,14H,13H2,1-4H3,(H,22,23). The molecule has 24 heavy (non-hydrogen) atoms. The highest BCUT2D eigenvalue weighted by Crippen LogP contribution is 2.28. The number of ether oxygens (including phenoxy) is 1. The van der Waals surface area contributed by atoms with E-state index in [9.17, 15) is 4.79 Å². The van der Waals surface area contributed by atoms with Crippen molar-refractivity contribution in [3.8, 4) is 5.75 Å². The van der Waals surface area contributed by atoms with Crippen LogP contribution in [0.15, 0.2) is 48.5 Å². The highest BCUT2D eigenvalue weighted by Gasteiger charge is 2.24. The molecule has 1 N–H and O–H groups in total. The normalized spacial score (nSPS) is 12.5. The Kier molecular flexibility index (Phi) is 5.89. The first kappa shape index (κ1) is 18.3. The number of nitrogens with one attached hydrogen (secondary N) is 1. The monoisotopic (exact) mass is 345 g/mol. The lowest BCUT2D eigenvalue weighted by atomic mass is 9.79. The van der Waals surface area contributed by atoms with Crippen LogP contribution >= 0.6 is 11.6 Å². The summed E-state index contributed by atoms with van der Waals surface area (Å²) in [5.74, 6) is 0.433. The van der Waals surface area contributed by atoms with Crippen LogP contribution in [0, 0.1) is 0 Å². The van der Waals surface area contributed by atoms with Crippen LogP contribution in [0.25, 0.3) is 0 Å². The third-order valence-electron chi connectivity index (χ3n) is 4.16. The summed E-state index contributed by atoms with van der Waals surface area (Å²) in [5.41, 5.74) is 1.77. The molecule has 0 fully saturated rings. The number of rotatable bonds is 6. The third-order valence-corrected chi connectivity index (χ3v) is 4.46. The number of hydrogen-bond acceptors (Lipinski definition) is 2. The first-order chi connectivity index (χ1) is 11.3. The molecule has 0 spiro atoms. The summed E-state index contributed by atoms with van der Waals surface area (Å²) >= 11 is 6.09. The first-order valence-corrected chi connectivity index (χ1v) is 8.41. The molecule has 3 nitrogen and oxygen atoms in total. The fourth-order valence-corrected chi connectivity index (χ4v) is 3.20. The number of amides is 1. The molecule has 1 amide bonds. The Labute approximate surface area is 149 Å². The number of benzene rings is 2. The molecule has 2 aromatic carbocycles. The number of hydrogen-bond donors (Lipinski definition) is 1. The molecule has 128 valence electrons. The largest absolute Gasteiger partial charge is 0.495 e. The van der Waals surface area contributed by atoms with Crippen molar-refractivity contribution in [2.45, 2.75) is 38.6 Å². The molecule has 0 saturated carbocycles. The molecule has 0 aromatic heterocycles. The summed E-state index contributed by atoms with van der Waals surface area (Å²) in [5, 5.41) is 3.48. The van der Waals surface area contributed by atoms with Crippen molar-refractivity contribution in [3.05, 3.63) is 64.7 Å². The van der Waals surface area contributed by atoms with E-state index in [1.165, 1.54) is 5.56 Å². The molecule has 0 aliphatic carbocycles. The van der Waals surface area contributed by atoms with Crippen LogP contribution in [0.2, 0.25) is 5.02 Å². The molecule has 2 rings (SSSR count). The Bertz CT molecular complexity index is 698. The highest BCUT2D eigenvalue weighted by molar-refractivity contribution is 6.32. The molecule has 4 heteroatoms. The first-order valence-electron chi connectivity index (χ1n) is 8.03. The average molecular weight is 346 g/mol. The van der Waals surface area contributed by atoms with E-state index in [0.717, 1.165) is 6.42 Å². The van der Waals surface area contributed by atoms with E-state index in [4.69, 9.17) is 16.3 Å². The highest BCUT2D eigenvalue weighted by atomic mass is 35.5. The van der Waals surface area contributed by atoms with Crippen molar-refractivity contribution in [1.29, 1.82) is 0 Å². The lowest BCUT2D eigenvalue weighted by molar-refractivity contribution is 0.0934. The van der Waals surface area contributed by atoms with Gasteiger partial charge in [-0.2, -0.15) is 0 Å². The quantitative estimate of drug-likeness (QED) is 0.813. The van der Waals surface area contributed by atoms with Crippen LogP contribution in [0.4, 0.5) is 0 Å². The van der Waals surface area contributed by atoms with Crippen LogP contribution in [-0.4, -0.2) is 19.1 Å². The number of carbonyl (C=O) groups excluding carboxylic acids is 1. The molecule has 1 unspecified atom stereocenters. The molecule has 2 aromatic rings. The van der Waals surface area contributed by atoms with Gasteiger partial charge >= 0.3 is 0 Å². The maximum absolute atomic E-state index is 12.4. The minimum absolute atomic E-state index is 0.0223. The van der Waals surface area contributed by atoms with Gasteiger partial charge in [-0.15, -0.1) is 0 Å². The van der Waals surface area contributed by atoms with E-state index in [1.54, 1.807) is 25.3 Å². The Morgan fingerprint density at radius 3 is 2.46 bits per heavy atom. The van der Waals surface area contributed by atoms with E-state index < -0.39 is 0 Å². The molecule has 0 aliphatic heterocycles. The third kappa shape index (κ3) is 4.51. The number of methoxy groups -OCH3 is 1. The maximum Gasteiger partial charge on any atom is 0.251 e. The Morgan fingerprint density at radius 2 is 1.88 bits per heavy atom. The number of carbonyl (C=O) groups is 1. The smallest absolute Gasteiger partial charge is 0.251 e. The van der Waals surface area contributed by atoms with Gasteiger partial charge in [0.1, 0.15) is 5.75 Å². The van der Waals surface area contributed by atoms with Crippen molar-refractivity contribution in [3.63, 3.8) is 0 Å². The second-order valence-electron chi connectivity index (χ2n) is 6.68. The van der Waals surface area contributed by atoms with Gasteiger partial charge in [0.15, 0.2) is 0 Å². The predicted octanol–water partition coefficient (Wildman–Crippen LogP) is 4.83. The summed E-state index contributed by atoms with van der Waals surface area (Å²) in [6.45, 7) is 6.40. The van der Waals surface area contributed by atoms with Gasteiger partial charge in [-0.05, 0) is 42.5 Å². The zero-order valence-electron chi connectivity index (χ0n) is 14.6. The van der Waals surface area contributed by atoms with Gasteiger partial charge < -0.3 is 10.1 Å². The molecule has 1 atom stereocenters. The molecular weight excluding hydrogens is 322 g/mol. The predicted molar refractivity (Wildman–Crippen MR) is 99.0 cm³/mol. The van der Waals surface area contributed by atoms with E-state index >= 15 is 0 Å². The summed E-state index contributed by atoms with van der Waals surface area (Å²) in [4.78, 5) is 12.4. The summed E-state index contributed by atoms with van der Waals surface area (Å²) in [6, 6.07) is 15.4. The Hall–Kier alpha value is -2.00. The fourth-order valence-electron chi connectivity index (χ4n) is 2.94. The van der Waals surface area contributed by atoms with Gasteiger partial charge in [0.2, 0.25) is 0 Å². The van der Waals surface area contributed by atoms with Gasteiger partial charge in [0.05, 0.1) is 12.1 Å². The second-order valence-corrected chi connectivity index (χ2v) is 7.09.